The summed E-state index contributed by atoms with van der Waals surface area (Å²) in [5.74, 6) is 0. The number of anilines is 2. The third-order valence-electron chi connectivity index (χ3n) is 4.94. The molecule has 1 atom stereocenters. The molecule has 2 heterocycles. The van der Waals surface area contributed by atoms with Gasteiger partial charge in [0.15, 0.2) is 0 Å². The molecule has 0 fully saturated rings. The van der Waals surface area contributed by atoms with Gasteiger partial charge in [0, 0.05) is 29.3 Å². The van der Waals surface area contributed by atoms with Crippen LogP contribution in [0.15, 0.2) is 66.0 Å². The van der Waals surface area contributed by atoms with Gasteiger partial charge in [0.05, 0.1) is 6.04 Å². The van der Waals surface area contributed by atoms with Gasteiger partial charge in [-0.3, -0.25) is 0 Å². The number of urea groups is 1. The van der Waals surface area contributed by atoms with E-state index in [2.05, 4.69) is 57.3 Å². The van der Waals surface area contributed by atoms with Crippen LogP contribution in [0.2, 0.25) is 0 Å². The summed E-state index contributed by atoms with van der Waals surface area (Å²) in [6.45, 7) is 3.57. The van der Waals surface area contributed by atoms with E-state index in [0.717, 1.165) is 18.7 Å². The Labute approximate surface area is 163 Å². The molecule has 2 amide bonds. The van der Waals surface area contributed by atoms with Crippen molar-refractivity contribution in [3.63, 3.8) is 0 Å². The molecule has 0 aliphatic carbocycles. The fourth-order valence-electron chi connectivity index (χ4n) is 3.53. The Hall–Kier alpha value is -2.79. The van der Waals surface area contributed by atoms with Gasteiger partial charge in [-0.2, -0.15) is 0 Å². The smallest absolute Gasteiger partial charge is 0.319 e. The second kappa shape index (κ2) is 7.84. The third kappa shape index (κ3) is 3.98. The largest absolute Gasteiger partial charge is 0.361 e. The summed E-state index contributed by atoms with van der Waals surface area (Å²) in [7, 11) is 0. The van der Waals surface area contributed by atoms with Gasteiger partial charge in [-0.25, -0.2) is 4.79 Å². The van der Waals surface area contributed by atoms with Crippen LogP contribution < -0.4 is 15.5 Å². The first-order chi connectivity index (χ1) is 13.2. The SMILES string of the molecule is Cc1ccc(NC(=O)NC[C@@H](c2cccs2)N2CCc3ccccc32)cc1. The molecule has 1 aromatic heterocycles. The predicted molar refractivity (Wildman–Crippen MR) is 113 cm³/mol. The minimum atomic E-state index is -0.173. The lowest BCUT2D eigenvalue weighted by atomic mass is 10.1. The first-order valence-electron chi connectivity index (χ1n) is 9.20. The minimum Gasteiger partial charge on any atom is -0.361 e. The van der Waals surface area contributed by atoms with Crippen LogP contribution in [0.4, 0.5) is 16.2 Å². The highest BCUT2D eigenvalue weighted by atomic mass is 32.1. The number of carbonyl (C=O) groups excluding carboxylic acids is 1. The van der Waals surface area contributed by atoms with Gasteiger partial charge in [0.1, 0.15) is 0 Å². The van der Waals surface area contributed by atoms with E-state index >= 15 is 0 Å². The van der Waals surface area contributed by atoms with E-state index in [4.69, 9.17) is 0 Å². The molecule has 138 valence electrons. The number of benzene rings is 2. The Morgan fingerprint density at radius 2 is 1.93 bits per heavy atom. The molecule has 1 aliphatic rings. The topological polar surface area (TPSA) is 44.4 Å². The molecular weight excluding hydrogens is 354 g/mol. The number of carbonyl (C=O) groups is 1. The monoisotopic (exact) mass is 377 g/mol. The van der Waals surface area contributed by atoms with Gasteiger partial charge in [0.25, 0.3) is 0 Å². The van der Waals surface area contributed by atoms with E-state index in [1.165, 1.54) is 21.7 Å². The number of amides is 2. The van der Waals surface area contributed by atoms with Crippen molar-refractivity contribution >= 4 is 28.7 Å². The van der Waals surface area contributed by atoms with Crippen LogP contribution >= 0.6 is 11.3 Å². The molecule has 0 spiro atoms. The number of aryl methyl sites for hydroxylation is 1. The van der Waals surface area contributed by atoms with E-state index in [-0.39, 0.29) is 12.1 Å². The molecule has 0 unspecified atom stereocenters. The highest BCUT2D eigenvalue weighted by molar-refractivity contribution is 7.10. The maximum Gasteiger partial charge on any atom is 0.319 e. The quantitative estimate of drug-likeness (QED) is 0.658. The first kappa shape index (κ1) is 17.6. The van der Waals surface area contributed by atoms with E-state index in [9.17, 15) is 4.79 Å². The van der Waals surface area contributed by atoms with Crippen LogP contribution in [0.3, 0.4) is 0 Å². The first-order valence-corrected chi connectivity index (χ1v) is 10.1. The molecule has 5 heteroatoms. The minimum absolute atomic E-state index is 0.136. The van der Waals surface area contributed by atoms with Crippen molar-refractivity contribution in [3.8, 4) is 0 Å². The normalized spacial score (nSPS) is 13.9. The Bertz CT molecular complexity index is 906. The molecule has 27 heavy (non-hydrogen) atoms. The Morgan fingerprint density at radius 3 is 2.70 bits per heavy atom. The number of fused-ring (bicyclic) bond motifs is 1. The average Bonchev–Trinajstić information content (AvgIpc) is 3.35. The van der Waals surface area contributed by atoms with E-state index in [0.29, 0.717) is 6.54 Å². The van der Waals surface area contributed by atoms with Gasteiger partial charge in [-0.15, -0.1) is 11.3 Å². The molecule has 4 rings (SSSR count). The summed E-state index contributed by atoms with van der Waals surface area (Å²) < 4.78 is 0. The molecule has 1 aliphatic heterocycles. The van der Waals surface area contributed by atoms with Crippen LogP contribution in [0, 0.1) is 6.92 Å². The number of nitrogens with one attached hydrogen (secondary N) is 2. The maximum absolute atomic E-state index is 12.4. The number of hydrogen-bond acceptors (Lipinski definition) is 3. The van der Waals surface area contributed by atoms with Crippen molar-refractivity contribution in [1.29, 1.82) is 0 Å². The van der Waals surface area contributed by atoms with E-state index in [1.807, 2.05) is 31.2 Å². The predicted octanol–water partition coefficient (Wildman–Crippen LogP) is 4.98. The molecular formula is C22H23N3OS. The van der Waals surface area contributed by atoms with Gasteiger partial charge in [-0.05, 0) is 48.6 Å². The van der Waals surface area contributed by atoms with Crippen molar-refractivity contribution in [3.05, 3.63) is 82.0 Å². The van der Waals surface area contributed by atoms with Crippen LogP contribution in [0.1, 0.15) is 22.0 Å². The van der Waals surface area contributed by atoms with Crippen molar-refractivity contribution < 1.29 is 4.79 Å². The molecule has 0 radical (unpaired) electrons. The summed E-state index contributed by atoms with van der Waals surface area (Å²) in [5.41, 5.74) is 4.63. The zero-order valence-electron chi connectivity index (χ0n) is 15.3. The number of rotatable bonds is 5. The lowest BCUT2D eigenvalue weighted by molar-refractivity contribution is 0.251. The molecule has 2 N–H and O–H groups in total. The fourth-order valence-corrected chi connectivity index (χ4v) is 4.37. The van der Waals surface area contributed by atoms with Crippen LogP contribution in [-0.2, 0) is 6.42 Å². The lowest BCUT2D eigenvalue weighted by Crippen LogP contribution is -2.38. The Kier molecular flexibility index (Phi) is 5.12. The second-order valence-electron chi connectivity index (χ2n) is 6.80. The summed E-state index contributed by atoms with van der Waals surface area (Å²) in [4.78, 5) is 16.1. The summed E-state index contributed by atoms with van der Waals surface area (Å²) in [6, 6.07) is 20.5. The van der Waals surface area contributed by atoms with Crippen molar-refractivity contribution in [2.45, 2.75) is 19.4 Å². The van der Waals surface area contributed by atoms with Gasteiger partial charge in [0.2, 0.25) is 0 Å². The zero-order valence-corrected chi connectivity index (χ0v) is 16.1. The Morgan fingerprint density at radius 1 is 1.11 bits per heavy atom. The number of nitrogens with zero attached hydrogens (tertiary/aromatic N) is 1. The highest BCUT2D eigenvalue weighted by Crippen LogP contribution is 2.36. The lowest BCUT2D eigenvalue weighted by Gasteiger charge is -2.30. The van der Waals surface area contributed by atoms with Crippen molar-refractivity contribution in [2.75, 3.05) is 23.3 Å². The summed E-state index contributed by atoms with van der Waals surface area (Å²) >= 11 is 1.74. The standard InChI is InChI=1S/C22H23N3OS/c1-16-8-10-18(11-9-16)24-22(26)23-15-20(21-7-4-14-27-21)25-13-12-17-5-2-3-6-19(17)25/h2-11,14,20H,12-13,15H2,1H3,(H2,23,24,26)/t20-/m0/s1. The van der Waals surface area contributed by atoms with E-state index < -0.39 is 0 Å². The molecule has 0 saturated carbocycles. The van der Waals surface area contributed by atoms with Crippen LogP contribution in [0.25, 0.3) is 0 Å². The highest BCUT2D eigenvalue weighted by Gasteiger charge is 2.27. The van der Waals surface area contributed by atoms with Crippen LogP contribution in [-0.4, -0.2) is 19.1 Å². The number of para-hydroxylation sites is 1. The van der Waals surface area contributed by atoms with Gasteiger partial charge < -0.3 is 15.5 Å². The van der Waals surface area contributed by atoms with Crippen molar-refractivity contribution in [1.82, 2.24) is 5.32 Å². The van der Waals surface area contributed by atoms with Crippen molar-refractivity contribution in [2.24, 2.45) is 0 Å². The summed E-state index contributed by atoms with van der Waals surface area (Å²) in [5, 5.41) is 8.07. The number of hydrogen-bond donors (Lipinski definition) is 2. The molecule has 4 nitrogen and oxygen atoms in total. The van der Waals surface area contributed by atoms with Gasteiger partial charge >= 0.3 is 6.03 Å². The maximum atomic E-state index is 12.4. The van der Waals surface area contributed by atoms with Gasteiger partial charge in [-0.1, -0.05) is 42.0 Å². The number of thiophene rings is 1. The zero-order chi connectivity index (χ0) is 18.6. The third-order valence-corrected chi connectivity index (χ3v) is 5.91. The molecule has 3 aromatic rings. The fraction of sp³-hybridized carbons (Fsp3) is 0.227. The second-order valence-corrected chi connectivity index (χ2v) is 7.78. The molecule has 2 aromatic carbocycles. The molecule has 0 bridgehead atoms. The Balaban J connectivity index is 1.46. The molecule has 0 saturated heterocycles. The van der Waals surface area contributed by atoms with E-state index in [1.54, 1.807) is 11.3 Å². The summed E-state index contributed by atoms with van der Waals surface area (Å²) in [6.07, 6.45) is 1.05. The van der Waals surface area contributed by atoms with Crippen LogP contribution in [0.5, 0.6) is 0 Å². The average molecular weight is 378 g/mol.